The van der Waals surface area contributed by atoms with Gasteiger partial charge in [-0.15, -0.1) is 0 Å². The molecule has 0 saturated carbocycles. The molecular weight excluding hydrogens is 164 g/mol. The van der Waals surface area contributed by atoms with Crippen LogP contribution in [0.1, 0.15) is 47.0 Å². The van der Waals surface area contributed by atoms with Crippen LogP contribution in [0.2, 0.25) is 0 Å². The van der Waals surface area contributed by atoms with Crippen molar-refractivity contribution in [2.24, 2.45) is 11.8 Å². The molecule has 76 valence electrons. The molecule has 0 aromatic carbocycles. The number of rotatable bonds is 6. The smallest absolute Gasteiger partial charge is 0.201 e. The summed E-state index contributed by atoms with van der Waals surface area (Å²) in [6, 6.07) is 0. The third-order valence-electron chi connectivity index (χ3n) is 2.36. The Bertz CT molecular complexity index is 183. The van der Waals surface area contributed by atoms with Gasteiger partial charge in [0.15, 0.2) is 5.78 Å². The van der Waals surface area contributed by atoms with Gasteiger partial charge in [0.2, 0.25) is 5.78 Å². The summed E-state index contributed by atoms with van der Waals surface area (Å²) in [6.07, 6.45) is 2.96. The van der Waals surface area contributed by atoms with Gasteiger partial charge < -0.3 is 0 Å². The first kappa shape index (κ1) is 12.3. The van der Waals surface area contributed by atoms with Crippen molar-refractivity contribution >= 4 is 11.6 Å². The molecule has 0 heterocycles. The third-order valence-corrected chi connectivity index (χ3v) is 2.36. The fraction of sp³-hybridized carbons (Fsp3) is 0.818. The lowest BCUT2D eigenvalue weighted by molar-refractivity contribution is -0.138. The van der Waals surface area contributed by atoms with E-state index in [-0.39, 0.29) is 23.4 Å². The van der Waals surface area contributed by atoms with Gasteiger partial charge >= 0.3 is 0 Å². The highest BCUT2D eigenvalue weighted by atomic mass is 16.2. The Hall–Kier alpha value is -0.660. The molecule has 0 amide bonds. The van der Waals surface area contributed by atoms with Crippen LogP contribution in [0.25, 0.3) is 0 Å². The highest BCUT2D eigenvalue weighted by molar-refractivity contribution is 6.37. The van der Waals surface area contributed by atoms with Gasteiger partial charge in [-0.3, -0.25) is 9.59 Å². The first-order chi connectivity index (χ1) is 6.00. The monoisotopic (exact) mass is 184 g/mol. The summed E-state index contributed by atoms with van der Waals surface area (Å²) in [5.41, 5.74) is 0. The van der Waals surface area contributed by atoms with Gasteiger partial charge in [0, 0.05) is 12.8 Å². The molecule has 0 N–H and O–H groups in total. The van der Waals surface area contributed by atoms with E-state index in [9.17, 15) is 9.59 Å². The predicted molar refractivity (Wildman–Crippen MR) is 53.5 cm³/mol. The average molecular weight is 184 g/mol. The van der Waals surface area contributed by atoms with Crippen molar-refractivity contribution in [3.05, 3.63) is 0 Å². The van der Waals surface area contributed by atoms with E-state index in [1.807, 2.05) is 13.8 Å². The van der Waals surface area contributed by atoms with Crippen molar-refractivity contribution in [2.75, 3.05) is 0 Å². The Morgan fingerprint density at radius 1 is 1.23 bits per heavy atom. The Morgan fingerprint density at radius 2 is 1.77 bits per heavy atom. The molecule has 0 aromatic rings. The lowest BCUT2D eigenvalue weighted by Gasteiger charge is -2.17. The van der Waals surface area contributed by atoms with Crippen molar-refractivity contribution in [1.82, 2.24) is 0 Å². The van der Waals surface area contributed by atoms with Crippen LogP contribution in [0.3, 0.4) is 0 Å². The van der Waals surface area contributed by atoms with Crippen LogP contribution >= 0.6 is 0 Å². The zero-order valence-corrected chi connectivity index (χ0v) is 9.09. The van der Waals surface area contributed by atoms with Gasteiger partial charge in [-0.1, -0.05) is 33.6 Å². The molecule has 2 nitrogen and oxygen atoms in total. The first-order valence-electron chi connectivity index (χ1n) is 5.05. The quantitative estimate of drug-likeness (QED) is 0.595. The van der Waals surface area contributed by atoms with E-state index in [1.54, 1.807) is 0 Å². The van der Waals surface area contributed by atoms with Gasteiger partial charge in [0.1, 0.15) is 0 Å². The molecule has 0 aliphatic rings. The average Bonchev–Trinajstić information content (AvgIpc) is 2.04. The number of carbonyl (C=O) groups is 2. The number of unbranched alkanes of at least 4 members (excludes halogenated alkanes) is 1. The Morgan fingerprint density at radius 3 is 2.08 bits per heavy atom. The summed E-state index contributed by atoms with van der Waals surface area (Å²) in [5, 5.41) is 0. The van der Waals surface area contributed by atoms with E-state index in [4.69, 9.17) is 0 Å². The molecule has 0 radical (unpaired) electrons. The highest BCUT2D eigenvalue weighted by Gasteiger charge is 2.24. The summed E-state index contributed by atoms with van der Waals surface area (Å²) < 4.78 is 0. The molecule has 0 fully saturated rings. The van der Waals surface area contributed by atoms with Gasteiger partial charge in [-0.05, 0) is 12.3 Å². The van der Waals surface area contributed by atoms with Crippen molar-refractivity contribution in [3.8, 4) is 0 Å². The molecule has 0 saturated heterocycles. The lowest BCUT2D eigenvalue weighted by atomic mass is 9.85. The molecule has 0 bridgehead atoms. The minimum absolute atomic E-state index is 0.0579. The molecule has 0 aliphatic carbocycles. The van der Waals surface area contributed by atoms with E-state index in [1.165, 1.54) is 6.92 Å². The molecule has 0 rings (SSSR count). The second-order valence-electron chi connectivity index (χ2n) is 3.91. The summed E-state index contributed by atoms with van der Waals surface area (Å²) in [5.74, 6) is -0.265. The molecule has 0 spiro atoms. The van der Waals surface area contributed by atoms with Crippen LogP contribution in [-0.2, 0) is 9.59 Å². The summed E-state index contributed by atoms with van der Waals surface area (Å²) in [6.45, 7) is 7.46. The summed E-state index contributed by atoms with van der Waals surface area (Å²) in [4.78, 5) is 22.3. The zero-order chi connectivity index (χ0) is 10.4. The zero-order valence-electron chi connectivity index (χ0n) is 9.09. The lowest BCUT2D eigenvalue weighted by Crippen LogP contribution is -2.25. The fourth-order valence-electron chi connectivity index (χ4n) is 1.45. The van der Waals surface area contributed by atoms with Crippen molar-refractivity contribution in [2.45, 2.75) is 47.0 Å². The first-order valence-corrected chi connectivity index (χ1v) is 5.05. The number of Topliss-reactive ketones (excluding diaryl/α,β-unsaturated/α-hetero) is 2. The number of hydrogen-bond donors (Lipinski definition) is 0. The predicted octanol–water partition coefficient (Wildman–Crippen LogP) is 2.61. The number of carbonyl (C=O) groups excluding carboxylic acids is 2. The molecule has 2 heteroatoms. The van der Waals surface area contributed by atoms with E-state index in [0.29, 0.717) is 0 Å². The second kappa shape index (κ2) is 5.90. The Kier molecular flexibility index (Phi) is 5.60. The SMILES string of the molecule is CCCCC(C(=O)C(C)=O)C(C)C. The van der Waals surface area contributed by atoms with Crippen LogP contribution < -0.4 is 0 Å². The van der Waals surface area contributed by atoms with Crippen molar-refractivity contribution in [1.29, 1.82) is 0 Å². The van der Waals surface area contributed by atoms with Gasteiger partial charge in [0.25, 0.3) is 0 Å². The van der Waals surface area contributed by atoms with Gasteiger partial charge in [-0.25, -0.2) is 0 Å². The molecule has 0 aromatic heterocycles. The molecule has 0 aliphatic heterocycles. The normalized spacial score (nSPS) is 13.0. The Labute approximate surface area is 80.7 Å². The maximum Gasteiger partial charge on any atom is 0.201 e. The van der Waals surface area contributed by atoms with Crippen LogP contribution in [0.15, 0.2) is 0 Å². The maximum atomic E-state index is 11.4. The van der Waals surface area contributed by atoms with Gasteiger partial charge in [0.05, 0.1) is 0 Å². The number of hydrogen-bond acceptors (Lipinski definition) is 2. The van der Waals surface area contributed by atoms with Crippen LogP contribution in [-0.4, -0.2) is 11.6 Å². The van der Waals surface area contributed by atoms with Crippen molar-refractivity contribution in [3.63, 3.8) is 0 Å². The molecule has 13 heavy (non-hydrogen) atoms. The van der Waals surface area contributed by atoms with Crippen molar-refractivity contribution < 1.29 is 9.59 Å². The minimum Gasteiger partial charge on any atom is -0.291 e. The standard InChI is InChI=1S/C11H20O2/c1-5-6-7-10(8(2)3)11(13)9(4)12/h8,10H,5-7H2,1-4H3. The fourth-order valence-corrected chi connectivity index (χ4v) is 1.45. The van der Waals surface area contributed by atoms with E-state index >= 15 is 0 Å². The summed E-state index contributed by atoms with van der Waals surface area (Å²) in [7, 11) is 0. The highest BCUT2D eigenvalue weighted by Crippen LogP contribution is 2.19. The third kappa shape index (κ3) is 4.20. The van der Waals surface area contributed by atoms with Crippen LogP contribution in [0.5, 0.6) is 0 Å². The minimum atomic E-state index is -0.296. The largest absolute Gasteiger partial charge is 0.291 e. The van der Waals surface area contributed by atoms with E-state index < -0.39 is 0 Å². The number of ketones is 2. The van der Waals surface area contributed by atoms with E-state index in [0.717, 1.165) is 19.3 Å². The summed E-state index contributed by atoms with van der Waals surface area (Å²) >= 11 is 0. The van der Waals surface area contributed by atoms with Crippen LogP contribution in [0, 0.1) is 11.8 Å². The topological polar surface area (TPSA) is 34.1 Å². The maximum absolute atomic E-state index is 11.4. The molecule has 1 unspecified atom stereocenters. The molecule has 1 atom stereocenters. The molecular formula is C11H20O2. The second-order valence-corrected chi connectivity index (χ2v) is 3.91. The Balaban J connectivity index is 4.24. The van der Waals surface area contributed by atoms with Crippen LogP contribution in [0.4, 0.5) is 0 Å². The van der Waals surface area contributed by atoms with Gasteiger partial charge in [-0.2, -0.15) is 0 Å². The van der Waals surface area contributed by atoms with E-state index in [2.05, 4.69) is 6.92 Å².